The number of hydrogen-bond donors (Lipinski definition) is 0. The van der Waals surface area contributed by atoms with E-state index in [9.17, 15) is 0 Å². The maximum atomic E-state index is 4.58. The number of nitrogens with zero attached hydrogens (tertiary/aromatic N) is 4. The molecule has 0 atom stereocenters. The quantitative estimate of drug-likeness (QED) is 0.841. The van der Waals surface area contributed by atoms with Crippen molar-refractivity contribution in [2.75, 3.05) is 38.1 Å². The Hall–Kier alpha value is -1.46. The normalized spacial score (nSPS) is 17.4. The highest BCUT2D eigenvalue weighted by molar-refractivity contribution is 7.13. The van der Waals surface area contributed by atoms with Crippen molar-refractivity contribution in [2.45, 2.75) is 6.42 Å². The molecule has 5 heteroatoms. The third-order valence-corrected chi connectivity index (χ3v) is 4.33. The molecule has 1 aliphatic rings. The lowest BCUT2D eigenvalue weighted by molar-refractivity contribution is 0.360. The van der Waals surface area contributed by atoms with Crippen LogP contribution in [-0.4, -0.2) is 48.1 Å². The SMILES string of the molecule is CN1CCCN(c2nccnc2-c2cccs2)CC1. The highest BCUT2D eigenvalue weighted by Crippen LogP contribution is 2.30. The van der Waals surface area contributed by atoms with Crippen LogP contribution >= 0.6 is 11.3 Å². The molecule has 0 aliphatic carbocycles. The van der Waals surface area contributed by atoms with Crippen molar-refractivity contribution in [3.63, 3.8) is 0 Å². The largest absolute Gasteiger partial charge is 0.353 e. The first-order valence-corrected chi connectivity index (χ1v) is 7.51. The summed E-state index contributed by atoms with van der Waals surface area (Å²) >= 11 is 1.72. The summed E-state index contributed by atoms with van der Waals surface area (Å²) in [6, 6.07) is 4.18. The van der Waals surface area contributed by atoms with Gasteiger partial charge in [-0.2, -0.15) is 0 Å². The molecular weight excluding hydrogens is 256 g/mol. The number of thiophene rings is 1. The van der Waals surface area contributed by atoms with E-state index in [-0.39, 0.29) is 0 Å². The Labute approximate surface area is 117 Å². The Morgan fingerprint density at radius 2 is 2.00 bits per heavy atom. The van der Waals surface area contributed by atoms with Crippen molar-refractivity contribution >= 4 is 17.2 Å². The minimum atomic E-state index is 1.02. The Balaban J connectivity index is 1.92. The van der Waals surface area contributed by atoms with Crippen LogP contribution in [0.2, 0.25) is 0 Å². The van der Waals surface area contributed by atoms with Crippen molar-refractivity contribution in [3.05, 3.63) is 29.9 Å². The summed E-state index contributed by atoms with van der Waals surface area (Å²) in [5, 5.41) is 2.09. The molecule has 2 aromatic rings. The third-order valence-electron chi connectivity index (χ3n) is 3.45. The van der Waals surface area contributed by atoms with Crippen LogP contribution in [-0.2, 0) is 0 Å². The molecule has 0 bridgehead atoms. The summed E-state index contributed by atoms with van der Waals surface area (Å²) in [5.74, 6) is 1.03. The second-order valence-electron chi connectivity index (χ2n) is 4.85. The van der Waals surface area contributed by atoms with E-state index >= 15 is 0 Å². The molecule has 2 aromatic heterocycles. The minimum absolute atomic E-state index is 1.02. The van der Waals surface area contributed by atoms with E-state index in [0.29, 0.717) is 0 Å². The van der Waals surface area contributed by atoms with Gasteiger partial charge in [0.1, 0.15) is 5.69 Å². The van der Waals surface area contributed by atoms with E-state index in [1.807, 2.05) is 0 Å². The van der Waals surface area contributed by atoms with Gasteiger partial charge < -0.3 is 9.80 Å². The number of aromatic nitrogens is 2. The fraction of sp³-hybridized carbons (Fsp3) is 0.429. The molecule has 0 saturated carbocycles. The molecule has 0 unspecified atom stereocenters. The molecule has 1 aliphatic heterocycles. The monoisotopic (exact) mass is 274 g/mol. The van der Waals surface area contributed by atoms with Crippen LogP contribution in [0.25, 0.3) is 10.6 Å². The summed E-state index contributed by atoms with van der Waals surface area (Å²) < 4.78 is 0. The summed E-state index contributed by atoms with van der Waals surface area (Å²) in [6.07, 6.45) is 4.75. The van der Waals surface area contributed by atoms with Gasteiger partial charge in [0.25, 0.3) is 0 Å². The first-order chi connectivity index (χ1) is 9.34. The molecule has 19 heavy (non-hydrogen) atoms. The zero-order valence-corrected chi connectivity index (χ0v) is 11.9. The highest BCUT2D eigenvalue weighted by atomic mass is 32.1. The minimum Gasteiger partial charge on any atom is -0.353 e. The molecule has 3 heterocycles. The zero-order chi connectivity index (χ0) is 13.1. The number of likely N-dealkylation sites (N-methyl/N-ethyl adjacent to an activating group) is 1. The molecule has 3 rings (SSSR count). The molecular formula is C14H18N4S. The van der Waals surface area contributed by atoms with Gasteiger partial charge >= 0.3 is 0 Å². The van der Waals surface area contributed by atoms with Gasteiger partial charge in [0.2, 0.25) is 0 Å². The molecule has 0 aromatic carbocycles. The standard InChI is InChI=1S/C14H18N4S/c1-17-7-3-8-18(10-9-17)14-13(15-5-6-16-14)12-4-2-11-19-12/h2,4-6,11H,3,7-10H2,1H3. The summed E-state index contributed by atoms with van der Waals surface area (Å²) in [7, 11) is 2.18. The Kier molecular flexibility index (Phi) is 3.75. The van der Waals surface area contributed by atoms with Crippen LogP contribution < -0.4 is 4.90 Å². The predicted octanol–water partition coefficient (Wildman–Crippen LogP) is 2.35. The summed E-state index contributed by atoms with van der Waals surface area (Å²) in [5.41, 5.74) is 1.02. The van der Waals surface area contributed by atoms with Crippen LogP contribution in [0.15, 0.2) is 29.9 Å². The van der Waals surface area contributed by atoms with Gasteiger partial charge in [-0.25, -0.2) is 9.97 Å². The van der Waals surface area contributed by atoms with Crippen molar-refractivity contribution < 1.29 is 0 Å². The van der Waals surface area contributed by atoms with Gasteiger partial charge in [-0.3, -0.25) is 0 Å². The van der Waals surface area contributed by atoms with Gasteiger partial charge in [-0.1, -0.05) is 6.07 Å². The van der Waals surface area contributed by atoms with E-state index in [1.165, 1.54) is 11.3 Å². The Bertz CT molecular complexity index is 526. The van der Waals surface area contributed by atoms with Gasteiger partial charge in [-0.05, 0) is 31.5 Å². The van der Waals surface area contributed by atoms with Crippen molar-refractivity contribution in [2.24, 2.45) is 0 Å². The van der Waals surface area contributed by atoms with Crippen molar-refractivity contribution in [1.82, 2.24) is 14.9 Å². The molecule has 0 N–H and O–H groups in total. The van der Waals surface area contributed by atoms with E-state index < -0.39 is 0 Å². The van der Waals surface area contributed by atoms with Crippen LogP contribution in [0, 0.1) is 0 Å². The summed E-state index contributed by atoms with van der Waals surface area (Å²) in [4.78, 5) is 15.1. The smallest absolute Gasteiger partial charge is 0.156 e. The van der Waals surface area contributed by atoms with Crippen LogP contribution in [0.3, 0.4) is 0 Å². The number of hydrogen-bond acceptors (Lipinski definition) is 5. The average Bonchev–Trinajstić information content (AvgIpc) is 2.88. The van der Waals surface area contributed by atoms with Crippen LogP contribution in [0.5, 0.6) is 0 Å². The first-order valence-electron chi connectivity index (χ1n) is 6.63. The molecule has 1 saturated heterocycles. The second kappa shape index (κ2) is 5.67. The molecule has 100 valence electrons. The zero-order valence-electron chi connectivity index (χ0n) is 11.1. The molecule has 4 nitrogen and oxygen atoms in total. The maximum absolute atomic E-state index is 4.58. The van der Waals surface area contributed by atoms with E-state index in [1.54, 1.807) is 23.7 Å². The van der Waals surface area contributed by atoms with Gasteiger partial charge in [-0.15, -0.1) is 11.3 Å². The topological polar surface area (TPSA) is 32.3 Å². The fourth-order valence-corrected chi connectivity index (χ4v) is 3.12. The highest BCUT2D eigenvalue weighted by Gasteiger charge is 2.18. The second-order valence-corrected chi connectivity index (χ2v) is 5.80. The van der Waals surface area contributed by atoms with E-state index in [0.717, 1.165) is 37.7 Å². The fourth-order valence-electron chi connectivity index (χ4n) is 2.41. The van der Waals surface area contributed by atoms with E-state index in [2.05, 4.69) is 44.3 Å². The van der Waals surface area contributed by atoms with Gasteiger partial charge in [0, 0.05) is 32.0 Å². The third kappa shape index (κ3) is 2.77. The molecule has 1 fully saturated rings. The lowest BCUT2D eigenvalue weighted by atomic mass is 10.3. The first kappa shape index (κ1) is 12.6. The van der Waals surface area contributed by atoms with Crippen LogP contribution in [0.4, 0.5) is 5.82 Å². The van der Waals surface area contributed by atoms with Crippen molar-refractivity contribution in [3.8, 4) is 10.6 Å². The molecule has 0 amide bonds. The Morgan fingerprint density at radius 1 is 1.11 bits per heavy atom. The lowest BCUT2D eigenvalue weighted by Gasteiger charge is -2.23. The molecule has 0 spiro atoms. The lowest BCUT2D eigenvalue weighted by Crippen LogP contribution is -2.29. The maximum Gasteiger partial charge on any atom is 0.156 e. The number of rotatable bonds is 2. The molecule has 0 radical (unpaired) electrons. The van der Waals surface area contributed by atoms with Gasteiger partial charge in [0.15, 0.2) is 5.82 Å². The van der Waals surface area contributed by atoms with Crippen LogP contribution in [0.1, 0.15) is 6.42 Å². The van der Waals surface area contributed by atoms with Gasteiger partial charge in [0.05, 0.1) is 4.88 Å². The average molecular weight is 274 g/mol. The predicted molar refractivity (Wildman–Crippen MR) is 79.7 cm³/mol. The van der Waals surface area contributed by atoms with Crippen molar-refractivity contribution in [1.29, 1.82) is 0 Å². The number of anilines is 1. The Morgan fingerprint density at radius 3 is 2.84 bits per heavy atom. The summed E-state index contributed by atoms with van der Waals surface area (Å²) in [6.45, 7) is 4.32. The van der Waals surface area contributed by atoms with E-state index in [4.69, 9.17) is 0 Å².